The van der Waals surface area contributed by atoms with Crippen molar-refractivity contribution < 1.29 is 9.53 Å². The summed E-state index contributed by atoms with van der Waals surface area (Å²) in [6.07, 6.45) is 1.57. The van der Waals surface area contributed by atoms with Gasteiger partial charge in [-0.1, -0.05) is 36.4 Å². The molecule has 0 amide bonds. The summed E-state index contributed by atoms with van der Waals surface area (Å²) in [5, 5.41) is 0. The van der Waals surface area contributed by atoms with E-state index in [0.717, 1.165) is 17.1 Å². The third-order valence-corrected chi connectivity index (χ3v) is 3.69. The van der Waals surface area contributed by atoms with Crippen LogP contribution < -0.4 is 9.80 Å². The molecule has 2 aromatic carbocycles. The van der Waals surface area contributed by atoms with Crippen molar-refractivity contribution in [2.45, 2.75) is 0 Å². The molecule has 0 saturated carbocycles. The number of carbonyl (C=O) groups excluding carboxylic acids is 1. The predicted molar refractivity (Wildman–Crippen MR) is 87.7 cm³/mol. The van der Waals surface area contributed by atoms with Crippen molar-refractivity contribution in [3.8, 4) is 0 Å². The van der Waals surface area contributed by atoms with E-state index < -0.39 is 0 Å². The summed E-state index contributed by atoms with van der Waals surface area (Å²) in [5.41, 5.74) is 3.13. The number of methoxy groups -OCH3 is 1. The molecule has 0 radical (unpaired) electrons. The smallest absolute Gasteiger partial charge is 0.332 e. The highest BCUT2D eigenvalue weighted by Gasteiger charge is 2.26. The van der Waals surface area contributed by atoms with Crippen LogP contribution in [-0.2, 0) is 9.53 Å². The molecule has 0 spiro atoms. The van der Waals surface area contributed by atoms with Gasteiger partial charge in [-0.2, -0.15) is 0 Å². The van der Waals surface area contributed by atoms with Gasteiger partial charge in [0.05, 0.1) is 20.3 Å². The molecule has 1 aliphatic heterocycles. The van der Waals surface area contributed by atoms with E-state index in [0.29, 0.717) is 13.2 Å². The van der Waals surface area contributed by atoms with Gasteiger partial charge in [-0.05, 0) is 24.3 Å². The van der Waals surface area contributed by atoms with E-state index in [1.165, 1.54) is 7.11 Å². The molecule has 0 atom stereocenters. The summed E-state index contributed by atoms with van der Waals surface area (Å²) in [6.45, 7) is 1.38. The molecule has 0 unspecified atom stereocenters. The fourth-order valence-corrected chi connectivity index (χ4v) is 2.58. The Morgan fingerprint density at radius 1 is 1.00 bits per heavy atom. The van der Waals surface area contributed by atoms with Gasteiger partial charge in [0.25, 0.3) is 0 Å². The highest BCUT2D eigenvalue weighted by molar-refractivity contribution is 5.84. The van der Waals surface area contributed by atoms with Crippen LogP contribution >= 0.6 is 0 Å². The van der Waals surface area contributed by atoms with Gasteiger partial charge in [0.1, 0.15) is 0 Å². The van der Waals surface area contributed by atoms with Crippen LogP contribution in [0, 0.1) is 0 Å². The van der Waals surface area contributed by atoms with E-state index in [9.17, 15) is 4.79 Å². The molecule has 1 saturated heterocycles. The van der Waals surface area contributed by atoms with Crippen molar-refractivity contribution in [3.05, 3.63) is 72.4 Å². The summed E-state index contributed by atoms with van der Waals surface area (Å²) in [6, 6.07) is 20.2. The van der Waals surface area contributed by atoms with E-state index in [2.05, 4.69) is 21.9 Å². The first-order valence-electron chi connectivity index (χ1n) is 7.19. The third kappa shape index (κ3) is 2.96. The average Bonchev–Trinajstić information content (AvgIpc) is 3.00. The summed E-state index contributed by atoms with van der Waals surface area (Å²) in [5.74, 6) is -0.328. The lowest BCUT2D eigenvalue weighted by molar-refractivity contribution is -0.134. The Labute approximate surface area is 130 Å². The number of hydrogen-bond donors (Lipinski definition) is 0. The van der Waals surface area contributed by atoms with Crippen LogP contribution in [0.4, 0.5) is 11.4 Å². The number of hydrogen-bond acceptors (Lipinski definition) is 4. The average molecular weight is 294 g/mol. The van der Waals surface area contributed by atoms with E-state index in [-0.39, 0.29) is 5.97 Å². The van der Waals surface area contributed by atoms with Crippen LogP contribution in [0.3, 0.4) is 0 Å². The molecule has 1 fully saturated rings. The predicted octanol–water partition coefficient (Wildman–Crippen LogP) is 3.03. The van der Waals surface area contributed by atoms with Crippen LogP contribution in [0.5, 0.6) is 0 Å². The van der Waals surface area contributed by atoms with Crippen molar-refractivity contribution >= 4 is 17.3 Å². The number of carbonyl (C=O) groups is 1. The summed E-state index contributed by atoms with van der Waals surface area (Å²) in [7, 11) is 1.40. The van der Waals surface area contributed by atoms with Gasteiger partial charge in [-0.3, -0.25) is 0 Å². The van der Waals surface area contributed by atoms with E-state index in [4.69, 9.17) is 4.74 Å². The molecule has 4 nitrogen and oxygen atoms in total. The van der Waals surface area contributed by atoms with Gasteiger partial charge in [0.15, 0.2) is 0 Å². The molecule has 0 bridgehead atoms. The van der Waals surface area contributed by atoms with Crippen molar-refractivity contribution in [1.29, 1.82) is 0 Å². The normalized spacial score (nSPS) is 16.1. The Balaban J connectivity index is 1.92. The second-order valence-electron chi connectivity index (χ2n) is 5.10. The van der Waals surface area contributed by atoms with E-state index >= 15 is 0 Å². The maximum Gasteiger partial charge on any atom is 0.332 e. The fraction of sp³-hybridized carbons (Fsp3) is 0.167. The molecular weight excluding hydrogens is 276 g/mol. The van der Waals surface area contributed by atoms with Crippen LogP contribution in [-0.4, -0.2) is 26.3 Å². The molecule has 0 aliphatic carbocycles. The third-order valence-electron chi connectivity index (χ3n) is 3.69. The summed E-state index contributed by atoms with van der Waals surface area (Å²) >= 11 is 0. The largest absolute Gasteiger partial charge is 0.466 e. The van der Waals surface area contributed by atoms with Crippen LogP contribution in [0.2, 0.25) is 0 Å². The molecule has 1 heterocycles. The number of para-hydroxylation sites is 2. The summed E-state index contributed by atoms with van der Waals surface area (Å²) in [4.78, 5) is 16.0. The maximum absolute atomic E-state index is 11.6. The van der Waals surface area contributed by atoms with Crippen molar-refractivity contribution in [2.24, 2.45) is 0 Å². The molecule has 2 aromatic rings. The summed E-state index contributed by atoms with van der Waals surface area (Å²) < 4.78 is 4.78. The number of esters is 1. The van der Waals surface area contributed by atoms with Gasteiger partial charge in [0, 0.05) is 23.1 Å². The lowest BCUT2D eigenvalue weighted by Crippen LogP contribution is -2.24. The van der Waals surface area contributed by atoms with E-state index in [1.807, 2.05) is 48.5 Å². The van der Waals surface area contributed by atoms with Gasteiger partial charge in [-0.25, -0.2) is 4.79 Å². The number of anilines is 2. The Morgan fingerprint density at radius 2 is 1.59 bits per heavy atom. The second-order valence-corrected chi connectivity index (χ2v) is 5.10. The Bertz CT molecular complexity index is 668. The number of rotatable bonds is 3. The zero-order chi connectivity index (χ0) is 15.4. The number of benzene rings is 2. The number of nitrogens with zero attached hydrogens (tertiary/aromatic N) is 2. The first-order valence-corrected chi connectivity index (χ1v) is 7.19. The highest BCUT2D eigenvalue weighted by atomic mass is 16.5. The molecule has 3 rings (SSSR count). The molecule has 112 valence electrons. The van der Waals surface area contributed by atoms with Crippen LogP contribution in [0.15, 0.2) is 72.4 Å². The number of ether oxygens (including phenoxy) is 1. The first kappa shape index (κ1) is 14.2. The molecule has 22 heavy (non-hydrogen) atoms. The lowest BCUT2D eigenvalue weighted by Gasteiger charge is -2.21. The Kier molecular flexibility index (Phi) is 4.10. The SMILES string of the molecule is COC(=O)/C=C1\CN(c2ccccc2)CN1c1ccccc1. The van der Waals surface area contributed by atoms with Gasteiger partial charge >= 0.3 is 5.97 Å². The quantitative estimate of drug-likeness (QED) is 0.643. The Morgan fingerprint density at radius 3 is 2.18 bits per heavy atom. The van der Waals surface area contributed by atoms with Crippen molar-refractivity contribution in [3.63, 3.8) is 0 Å². The van der Waals surface area contributed by atoms with Gasteiger partial charge < -0.3 is 14.5 Å². The van der Waals surface area contributed by atoms with Gasteiger partial charge in [-0.15, -0.1) is 0 Å². The monoisotopic (exact) mass is 294 g/mol. The second kappa shape index (κ2) is 6.35. The fourth-order valence-electron chi connectivity index (χ4n) is 2.58. The van der Waals surface area contributed by atoms with Crippen molar-refractivity contribution in [1.82, 2.24) is 0 Å². The zero-order valence-electron chi connectivity index (χ0n) is 12.5. The molecular formula is C18H18N2O2. The molecule has 0 N–H and O–H groups in total. The maximum atomic E-state index is 11.6. The minimum atomic E-state index is -0.328. The molecule has 1 aliphatic rings. The molecule has 0 aromatic heterocycles. The first-order chi connectivity index (χ1) is 10.8. The van der Waals surface area contributed by atoms with E-state index in [1.54, 1.807) is 6.08 Å². The standard InChI is InChI=1S/C18H18N2O2/c1-22-18(21)12-17-13-19(15-8-4-2-5-9-15)14-20(17)16-10-6-3-7-11-16/h2-12H,13-14H2,1H3/b17-12+. The Hall–Kier alpha value is -2.75. The topological polar surface area (TPSA) is 32.8 Å². The van der Waals surface area contributed by atoms with Crippen molar-refractivity contribution in [2.75, 3.05) is 30.1 Å². The van der Waals surface area contributed by atoms with Crippen LogP contribution in [0.1, 0.15) is 0 Å². The van der Waals surface area contributed by atoms with Gasteiger partial charge in [0.2, 0.25) is 0 Å². The molecule has 4 heteroatoms. The van der Waals surface area contributed by atoms with Crippen LogP contribution in [0.25, 0.3) is 0 Å². The highest BCUT2D eigenvalue weighted by Crippen LogP contribution is 2.28. The zero-order valence-corrected chi connectivity index (χ0v) is 12.5. The minimum Gasteiger partial charge on any atom is -0.466 e. The minimum absolute atomic E-state index is 0.328. The lowest BCUT2D eigenvalue weighted by atomic mass is 10.2.